The molecule has 0 unspecified atom stereocenters. The molecule has 0 spiro atoms. The molecule has 0 heterocycles. The van der Waals surface area contributed by atoms with E-state index in [0.29, 0.717) is 6.42 Å². The second kappa shape index (κ2) is 12.2. The molecule has 0 aromatic carbocycles. The van der Waals surface area contributed by atoms with E-state index in [1.807, 2.05) is 0 Å². The van der Waals surface area contributed by atoms with Crippen molar-refractivity contribution in [1.29, 1.82) is 0 Å². The van der Waals surface area contributed by atoms with Crippen LogP contribution in [0.1, 0.15) is 44.9 Å². The van der Waals surface area contributed by atoms with Crippen LogP contribution >= 0.6 is 24.0 Å². The topological polar surface area (TPSA) is 62.7 Å². The standard InChI is InChI=1S/C14H27N3O2.HI/c1-15-14(17-11-12-8-9-12)16-10-6-4-3-5-7-13(18)19-2;/h12H,3-11H2,1-2H3,(H2,15,16,17);1H. The summed E-state index contributed by atoms with van der Waals surface area (Å²) < 4.78 is 4.60. The highest BCUT2D eigenvalue weighted by atomic mass is 127. The third kappa shape index (κ3) is 10.3. The predicted octanol–water partition coefficient (Wildman–Crippen LogP) is 2.30. The van der Waals surface area contributed by atoms with Gasteiger partial charge in [-0.15, -0.1) is 24.0 Å². The second-order valence-corrected chi connectivity index (χ2v) is 5.06. The fraction of sp³-hybridized carbons (Fsp3) is 0.857. The van der Waals surface area contributed by atoms with Crippen LogP contribution in [0.4, 0.5) is 0 Å². The summed E-state index contributed by atoms with van der Waals surface area (Å²) in [5.41, 5.74) is 0. The lowest BCUT2D eigenvalue weighted by atomic mass is 10.1. The lowest BCUT2D eigenvalue weighted by Gasteiger charge is -2.11. The maximum absolute atomic E-state index is 10.9. The Balaban J connectivity index is 0.00000361. The number of carbonyl (C=O) groups is 1. The highest BCUT2D eigenvalue weighted by molar-refractivity contribution is 14.0. The van der Waals surface area contributed by atoms with E-state index < -0.39 is 0 Å². The molecule has 1 saturated carbocycles. The molecule has 1 rings (SSSR count). The Morgan fingerprint density at radius 3 is 2.50 bits per heavy atom. The molecule has 0 radical (unpaired) electrons. The van der Waals surface area contributed by atoms with Gasteiger partial charge in [0.15, 0.2) is 5.96 Å². The Morgan fingerprint density at radius 2 is 1.90 bits per heavy atom. The molecule has 0 aliphatic heterocycles. The quantitative estimate of drug-likeness (QED) is 0.206. The summed E-state index contributed by atoms with van der Waals surface area (Å²) in [5, 5.41) is 6.64. The summed E-state index contributed by atoms with van der Waals surface area (Å²) in [6, 6.07) is 0. The summed E-state index contributed by atoms with van der Waals surface area (Å²) in [6.07, 6.45) is 7.46. The molecule has 5 nitrogen and oxygen atoms in total. The van der Waals surface area contributed by atoms with Crippen molar-refractivity contribution in [3.8, 4) is 0 Å². The number of methoxy groups -OCH3 is 1. The van der Waals surface area contributed by atoms with Gasteiger partial charge in [-0.3, -0.25) is 9.79 Å². The minimum Gasteiger partial charge on any atom is -0.469 e. The van der Waals surface area contributed by atoms with Crippen LogP contribution in [0.15, 0.2) is 4.99 Å². The van der Waals surface area contributed by atoms with E-state index in [0.717, 1.165) is 50.7 Å². The van der Waals surface area contributed by atoms with Crippen molar-refractivity contribution in [2.45, 2.75) is 44.9 Å². The summed E-state index contributed by atoms with van der Waals surface area (Å²) in [7, 11) is 3.24. The largest absolute Gasteiger partial charge is 0.469 e. The Hall–Kier alpha value is -0.530. The third-order valence-corrected chi connectivity index (χ3v) is 3.31. The minimum atomic E-state index is -0.109. The molecule has 0 saturated heterocycles. The molecule has 0 bridgehead atoms. The van der Waals surface area contributed by atoms with Gasteiger partial charge < -0.3 is 15.4 Å². The van der Waals surface area contributed by atoms with E-state index in [2.05, 4.69) is 20.4 Å². The Kier molecular flexibility index (Phi) is 11.9. The van der Waals surface area contributed by atoms with Crippen LogP contribution < -0.4 is 10.6 Å². The van der Waals surface area contributed by atoms with Gasteiger partial charge in [0.05, 0.1) is 7.11 Å². The number of ether oxygens (including phenoxy) is 1. The molecule has 20 heavy (non-hydrogen) atoms. The van der Waals surface area contributed by atoms with E-state index >= 15 is 0 Å². The average molecular weight is 397 g/mol. The summed E-state index contributed by atoms with van der Waals surface area (Å²) in [5.74, 6) is 1.65. The fourth-order valence-corrected chi connectivity index (χ4v) is 1.84. The van der Waals surface area contributed by atoms with Crippen LogP contribution in [0.25, 0.3) is 0 Å². The average Bonchev–Trinajstić information content (AvgIpc) is 3.24. The van der Waals surface area contributed by atoms with Crippen molar-refractivity contribution in [3.63, 3.8) is 0 Å². The van der Waals surface area contributed by atoms with Crippen LogP contribution in [-0.2, 0) is 9.53 Å². The number of esters is 1. The number of guanidine groups is 1. The highest BCUT2D eigenvalue weighted by Gasteiger charge is 2.20. The van der Waals surface area contributed by atoms with Gasteiger partial charge in [-0.25, -0.2) is 0 Å². The van der Waals surface area contributed by atoms with Gasteiger partial charge in [0.1, 0.15) is 0 Å². The number of hydrogen-bond donors (Lipinski definition) is 2. The van der Waals surface area contributed by atoms with Gasteiger partial charge in [-0.1, -0.05) is 12.8 Å². The molecular weight excluding hydrogens is 369 g/mol. The lowest BCUT2D eigenvalue weighted by molar-refractivity contribution is -0.140. The first-order valence-electron chi connectivity index (χ1n) is 7.27. The third-order valence-electron chi connectivity index (χ3n) is 3.31. The lowest BCUT2D eigenvalue weighted by Crippen LogP contribution is -2.38. The number of hydrogen-bond acceptors (Lipinski definition) is 3. The first-order valence-corrected chi connectivity index (χ1v) is 7.27. The Labute approximate surface area is 139 Å². The van der Waals surface area contributed by atoms with E-state index in [9.17, 15) is 4.79 Å². The molecule has 1 aliphatic rings. The van der Waals surface area contributed by atoms with Crippen molar-refractivity contribution < 1.29 is 9.53 Å². The number of halogens is 1. The maximum Gasteiger partial charge on any atom is 0.305 e. The normalized spacial score (nSPS) is 14.4. The molecular formula is C14H28IN3O2. The molecule has 0 aromatic heterocycles. The second-order valence-electron chi connectivity index (χ2n) is 5.06. The van der Waals surface area contributed by atoms with Gasteiger partial charge in [0.25, 0.3) is 0 Å². The van der Waals surface area contributed by atoms with Crippen LogP contribution in [0.2, 0.25) is 0 Å². The van der Waals surface area contributed by atoms with Crippen LogP contribution in [0.3, 0.4) is 0 Å². The van der Waals surface area contributed by atoms with E-state index in [-0.39, 0.29) is 29.9 Å². The first kappa shape index (κ1) is 19.5. The van der Waals surface area contributed by atoms with Crippen LogP contribution in [0, 0.1) is 5.92 Å². The van der Waals surface area contributed by atoms with Crippen molar-refractivity contribution in [1.82, 2.24) is 10.6 Å². The zero-order valence-electron chi connectivity index (χ0n) is 12.6. The molecule has 0 aromatic rings. The zero-order valence-corrected chi connectivity index (χ0v) is 14.9. The van der Waals surface area contributed by atoms with Gasteiger partial charge in [0, 0.05) is 26.6 Å². The smallest absolute Gasteiger partial charge is 0.305 e. The molecule has 6 heteroatoms. The Morgan fingerprint density at radius 1 is 1.20 bits per heavy atom. The van der Waals surface area contributed by atoms with Crippen LogP contribution in [0.5, 0.6) is 0 Å². The number of nitrogens with one attached hydrogen (secondary N) is 2. The first-order chi connectivity index (χ1) is 9.26. The summed E-state index contributed by atoms with van der Waals surface area (Å²) >= 11 is 0. The molecule has 1 aliphatic carbocycles. The zero-order chi connectivity index (χ0) is 13.9. The van der Waals surface area contributed by atoms with Crippen LogP contribution in [-0.4, -0.2) is 39.2 Å². The van der Waals surface area contributed by atoms with Gasteiger partial charge in [0.2, 0.25) is 0 Å². The van der Waals surface area contributed by atoms with Crippen molar-refractivity contribution in [2.24, 2.45) is 10.9 Å². The van der Waals surface area contributed by atoms with Gasteiger partial charge in [-0.05, 0) is 31.6 Å². The van der Waals surface area contributed by atoms with E-state index in [1.165, 1.54) is 20.0 Å². The minimum absolute atomic E-state index is 0. The Bertz CT molecular complexity index is 294. The van der Waals surface area contributed by atoms with E-state index in [1.54, 1.807) is 7.05 Å². The molecule has 0 amide bonds. The number of nitrogens with zero attached hydrogens (tertiary/aromatic N) is 1. The van der Waals surface area contributed by atoms with Gasteiger partial charge in [-0.2, -0.15) is 0 Å². The summed E-state index contributed by atoms with van der Waals surface area (Å²) in [6.45, 7) is 1.97. The molecule has 1 fully saturated rings. The number of rotatable bonds is 9. The van der Waals surface area contributed by atoms with Gasteiger partial charge >= 0.3 is 5.97 Å². The highest BCUT2D eigenvalue weighted by Crippen LogP contribution is 2.27. The number of carbonyl (C=O) groups excluding carboxylic acids is 1. The van der Waals surface area contributed by atoms with E-state index in [4.69, 9.17) is 0 Å². The van der Waals surface area contributed by atoms with Crippen molar-refractivity contribution in [2.75, 3.05) is 27.2 Å². The molecule has 2 N–H and O–H groups in total. The molecule has 118 valence electrons. The monoisotopic (exact) mass is 397 g/mol. The molecule has 0 atom stereocenters. The predicted molar refractivity (Wildman–Crippen MR) is 92.6 cm³/mol. The number of aliphatic imine (C=N–C) groups is 1. The number of unbranched alkanes of at least 4 members (excludes halogenated alkanes) is 3. The van der Waals surface area contributed by atoms with Crippen molar-refractivity contribution >= 4 is 35.9 Å². The summed E-state index contributed by atoms with van der Waals surface area (Å²) in [4.78, 5) is 15.1. The van der Waals surface area contributed by atoms with Crippen molar-refractivity contribution in [3.05, 3.63) is 0 Å². The SMILES string of the molecule is CN=C(NCCCCCCC(=O)OC)NCC1CC1.I. The fourth-order valence-electron chi connectivity index (χ4n) is 1.84. The maximum atomic E-state index is 10.9.